The van der Waals surface area contributed by atoms with Crippen LogP contribution in [0.2, 0.25) is 0 Å². The lowest BCUT2D eigenvalue weighted by Crippen LogP contribution is -2.45. The van der Waals surface area contributed by atoms with Gasteiger partial charge < -0.3 is 9.47 Å². The Morgan fingerprint density at radius 1 is 1.31 bits per heavy atom. The summed E-state index contributed by atoms with van der Waals surface area (Å²) in [6.45, 7) is 2.02. The Hall–Kier alpha value is -0.940. The van der Waals surface area contributed by atoms with Gasteiger partial charge in [-0.3, -0.25) is 14.5 Å². The minimum atomic E-state index is -0.432. The van der Waals surface area contributed by atoms with Crippen LogP contribution in [0.25, 0.3) is 0 Å². The van der Waals surface area contributed by atoms with Crippen molar-refractivity contribution in [3.8, 4) is 0 Å². The van der Waals surface area contributed by atoms with Gasteiger partial charge in [-0.15, -0.1) is 0 Å². The molecule has 0 atom stereocenters. The van der Waals surface area contributed by atoms with Crippen molar-refractivity contribution in [1.82, 2.24) is 4.90 Å². The summed E-state index contributed by atoms with van der Waals surface area (Å²) in [4.78, 5) is 24.1. The van der Waals surface area contributed by atoms with Crippen LogP contribution in [0.15, 0.2) is 0 Å². The molecule has 5 nitrogen and oxygen atoms in total. The Kier molecular flexibility index (Phi) is 3.25. The summed E-state index contributed by atoms with van der Waals surface area (Å²) >= 11 is 0. The van der Waals surface area contributed by atoms with Gasteiger partial charge in [0.1, 0.15) is 0 Å². The van der Waals surface area contributed by atoms with E-state index < -0.39 is 11.9 Å². The van der Waals surface area contributed by atoms with E-state index >= 15 is 0 Å². The molecule has 5 heteroatoms. The number of carbonyl (C=O) groups excluding carboxylic acids is 2. The normalized spacial score (nSPS) is 24.3. The van der Waals surface area contributed by atoms with E-state index in [9.17, 15) is 9.59 Å². The van der Waals surface area contributed by atoms with Gasteiger partial charge in [-0.1, -0.05) is 0 Å². The van der Waals surface area contributed by atoms with Crippen molar-refractivity contribution in [3.63, 3.8) is 0 Å². The number of nitrogens with zero attached hydrogens (tertiary/aromatic N) is 1. The maximum Gasteiger partial charge on any atom is 0.327 e. The average molecular weight is 227 g/mol. The fourth-order valence-corrected chi connectivity index (χ4v) is 2.18. The number of esters is 2. The first-order chi connectivity index (χ1) is 7.63. The molecule has 1 aliphatic carbocycles. The van der Waals surface area contributed by atoms with Crippen LogP contribution in [0.1, 0.15) is 19.3 Å². The quantitative estimate of drug-likeness (QED) is 0.495. The molecular weight excluding hydrogens is 210 g/mol. The molecule has 1 saturated carbocycles. The van der Waals surface area contributed by atoms with Crippen molar-refractivity contribution in [2.45, 2.75) is 19.3 Å². The van der Waals surface area contributed by atoms with Crippen molar-refractivity contribution in [3.05, 3.63) is 0 Å². The van der Waals surface area contributed by atoms with Gasteiger partial charge >= 0.3 is 11.9 Å². The molecule has 0 amide bonds. The summed E-state index contributed by atoms with van der Waals surface area (Å²) < 4.78 is 9.56. The second-order valence-corrected chi connectivity index (χ2v) is 4.73. The lowest BCUT2D eigenvalue weighted by Gasteiger charge is -2.28. The zero-order valence-corrected chi connectivity index (χ0v) is 9.53. The molecule has 1 saturated heterocycles. The Morgan fingerprint density at radius 3 is 2.44 bits per heavy atom. The topological polar surface area (TPSA) is 55.8 Å². The van der Waals surface area contributed by atoms with Crippen molar-refractivity contribution in [1.29, 1.82) is 0 Å². The van der Waals surface area contributed by atoms with Crippen LogP contribution in [-0.2, 0) is 19.1 Å². The van der Waals surface area contributed by atoms with Crippen LogP contribution in [0.3, 0.4) is 0 Å². The van der Waals surface area contributed by atoms with Crippen LogP contribution < -0.4 is 0 Å². The number of methoxy groups -OCH3 is 1. The number of carbonyl (C=O) groups is 2. The summed E-state index contributed by atoms with van der Waals surface area (Å²) in [7, 11) is 1.69. The minimum absolute atomic E-state index is 0.237. The number of cyclic esters (lactones) is 2. The van der Waals surface area contributed by atoms with Crippen molar-refractivity contribution in [2.75, 3.05) is 33.4 Å². The zero-order valence-electron chi connectivity index (χ0n) is 9.53. The highest BCUT2D eigenvalue weighted by Crippen LogP contribution is 2.49. The van der Waals surface area contributed by atoms with Gasteiger partial charge in [0.05, 0.1) is 13.1 Å². The monoisotopic (exact) mass is 227 g/mol. The van der Waals surface area contributed by atoms with E-state index in [1.807, 2.05) is 4.90 Å². The molecule has 0 aromatic heterocycles. The minimum Gasteiger partial charge on any atom is -0.391 e. The van der Waals surface area contributed by atoms with Crippen LogP contribution in [0, 0.1) is 5.41 Å². The third-order valence-electron chi connectivity index (χ3n) is 3.29. The molecule has 0 unspecified atom stereocenters. The predicted octanol–water partition coefficient (Wildman–Crippen LogP) is 0.188. The summed E-state index contributed by atoms with van der Waals surface area (Å²) in [5, 5.41) is 0. The van der Waals surface area contributed by atoms with E-state index in [-0.39, 0.29) is 18.5 Å². The van der Waals surface area contributed by atoms with E-state index in [0.29, 0.717) is 0 Å². The largest absolute Gasteiger partial charge is 0.391 e. The number of hydrogen-bond donors (Lipinski definition) is 0. The number of ether oxygens (including phenoxy) is 2. The molecule has 0 spiro atoms. The van der Waals surface area contributed by atoms with Crippen LogP contribution >= 0.6 is 0 Å². The Morgan fingerprint density at radius 2 is 1.94 bits per heavy atom. The third kappa shape index (κ3) is 2.80. The molecule has 0 aromatic rings. The van der Waals surface area contributed by atoms with E-state index in [4.69, 9.17) is 4.74 Å². The molecule has 2 aliphatic rings. The van der Waals surface area contributed by atoms with Gasteiger partial charge in [-0.05, 0) is 24.7 Å². The first kappa shape index (κ1) is 11.5. The van der Waals surface area contributed by atoms with Crippen LogP contribution in [0.4, 0.5) is 0 Å². The molecule has 0 N–H and O–H groups in total. The standard InChI is InChI=1S/C11H17NO4/c1-15-5-4-11(2-3-11)8-12-6-9(13)16-10(14)7-12/h2-8H2,1H3. The van der Waals surface area contributed by atoms with Crippen molar-refractivity contribution >= 4 is 11.9 Å². The van der Waals surface area contributed by atoms with Gasteiger partial charge in [-0.25, -0.2) is 0 Å². The zero-order chi connectivity index (χ0) is 11.6. The van der Waals surface area contributed by atoms with E-state index in [2.05, 4.69) is 4.74 Å². The van der Waals surface area contributed by atoms with Gasteiger partial charge in [-0.2, -0.15) is 0 Å². The second-order valence-electron chi connectivity index (χ2n) is 4.73. The number of hydrogen-bond acceptors (Lipinski definition) is 5. The molecular formula is C11H17NO4. The molecule has 0 radical (unpaired) electrons. The van der Waals surface area contributed by atoms with Gasteiger partial charge in [0.2, 0.25) is 0 Å². The van der Waals surface area contributed by atoms with Gasteiger partial charge in [0, 0.05) is 20.3 Å². The van der Waals surface area contributed by atoms with E-state index in [0.717, 1.165) is 32.4 Å². The summed E-state index contributed by atoms with van der Waals surface area (Å²) in [6.07, 6.45) is 3.33. The Labute approximate surface area is 94.7 Å². The summed E-state index contributed by atoms with van der Waals surface area (Å²) in [5.41, 5.74) is 0.272. The van der Waals surface area contributed by atoms with Crippen molar-refractivity contribution < 1.29 is 19.1 Å². The molecule has 16 heavy (non-hydrogen) atoms. The molecule has 2 rings (SSSR count). The van der Waals surface area contributed by atoms with Crippen LogP contribution in [0.5, 0.6) is 0 Å². The van der Waals surface area contributed by atoms with Gasteiger partial charge in [0.25, 0.3) is 0 Å². The van der Waals surface area contributed by atoms with Crippen LogP contribution in [-0.4, -0.2) is 50.2 Å². The lowest BCUT2D eigenvalue weighted by atomic mass is 10.0. The average Bonchev–Trinajstić information content (AvgIpc) is 2.94. The molecule has 1 heterocycles. The van der Waals surface area contributed by atoms with Crippen molar-refractivity contribution in [2.24, 2.45) is 5.41 Å². The summed E-state index contributed by atoms with van der Waals surface area (Å²) in [5.74, 6) is -0.863. The lowest BCUT2D eigenvalue weighted by molar-refractivity contribution is -0.167. The van der Waals surface area contributed by atoms with E-state index in [1.165, 1.54) is 0 Å². The summed E-state index contributed by atoms with van der Waals surface area (Å²) in [6, 6.07) is 0. The highest BCUT2D eigenvalue weighted by molar-refractivity contribution is 5.90. The van der Waals surface area contributed by atoms with E-state index in [1.54, 1.807) is 7.11 Å². The maximum atomic E-state index is 11.1. The number of rotatable bonds is 5. The first-order valence-corrected chi connectivity index (χ1v) is 5.58. The number of morpholine rings is 1. The predicted molar refractivity (Wildman–Crippen MR) is 55.7 cm³/mol. The highest BCUT2D eigenvalue weighted by atomic mass is 16.6. The molecule has 1 aliphatic heterocycles. The fourth-order valence-electron chi connectivity index (χ4n) is 2.18. The molecule has 90 valence electrons. The Bertz CT molecular complexity index is 282. The molecule has 0 bridgehead atoms. The highest BCUT2D eigenvalue weighted by Gasteiger charge is 2.44. The molecule has 2 fully saturated rings. The van der Waals surface area contributed by atoms with Gasteiger partial charge in [0.15, 0.2) is 0 Å². The first-order valence-electron chi connectivity index (χ1n) is 5.58. The second kappa shape index (κ2) is 4.51. The maximum absolute atomic E-state index is 11.1. The third-order valence-corrected chi connectivity index (χ3v) is 3.29. The Balaban J connectivity index is 1.84. The fraction of sp³-hybridized carbons (Fsp3) is 0.818. The smallest absolute Gasteiger partial charge is 0.327 e. The molecule has 0 aromatic carbocycles. The SMILES string of the molecule is COCCC1(CN2CC(=O)OC(=O)C2)CC1.